The van der Waals surface area contributed by atoms with Gasteiger partial charge in [0.1, 0.15) is 5.69 Å². The second-order valence-electron chi connectivity index (χ2n) is 11.2. The van der Waals surface area contributed by atoms with Crippen molar-refractivity contribution in [3.63, 3.8) is 0 Å². The zero-order valence-electron chi connectivity index (χ0n) is 24.4. The third-order valence-electron chi connectivity index (χ3n) is 8.21. The predicted octanol–water partition coefficient (Wildman–Crippen LogP) is 7.26. The molecule has 6 rings (SSSR count). The number of amides is 2. The van der Waals surface area contributed by atoms with E-state index in [9.17, 15) is 9.59 Å². The zero-order chi connectivity index (χ0) is 29.2. The van der Waals surface area contributed by atoms with Crippen molar-refractivity contribution in [1.29, 1.82) is 0 Å². The molecule has 42 heavy (non-hydrogen) atoms. The van der Waals surface area contributed by atoms with Gasteiger partial charge in [0.25, 0.3) is 11.8 Å². The highest BCUT2D eigenvalue weighted by Gasteiger charge is 2.27. The molecule has 2 heterocycles. The van der Waals surface area contributed by atoms with Crippen LogP contribution in [0, 0.1) is 20.8 Å². The first-order chi connectivity index (χ1) is 20.4. The average molecular weight is 554 g/mol. The lowest BCUT2D eigenvalue weighted by Gasteiger charge is -2.23. The van der Waals surface area contributed by atoms with Crippen molar-refractivity contribution in [1.82, 2.24) is 9.88 Å². The van der Waals surface area contributed by atoms with Gasteiger partial charge < -0.3 is 14.8 Å². The monoisotopic (exact) mass is 553 g/mol. The molecule has 0 spiro atoms. The number of anilines is 1. The number of hydrogen-bond acceptors (Lipinski definition) is 2. The third kappa shape index (κ3) is 5.38. The average Bonchev–Trinajstić information content (AvgIpc) is 3.31. The Morgan fingerprint density at radius 1 is 0.738 bits per heavy atom. The summed E-state index contributed by atoms with van der Waals surface area (Å²) in [6, 6.07) is 34.5. The first-order valence-corrected chi connectivity index (χ1v) is 14.5. The highest BCUT2D eigenvalue weighted by atomic mass is 16.2. The Hall–Kier alpha value is -4.90. The van der Waals surface area contributed by atoms with Gasteiger partial charge in [0.05, 0.1) is 13.1 Å². The first kappa shape index (κ1) is 27.3. The molecule has 210 valence electrons. The van der Waals surface area contributed by atoms with Crippen LogP contribution in [-0.4, -0.2) is 22.9 Å². The summed E-state index contributed by atoms with van der Waals surface area (Å²) < 4.78 is 2.04. The van der Waals surface area contributed by atoms with Gasteiger partial charge in [0.15, 0.2) is 0 Å². The maximum Gasteiger partial charge on any atom is 0.267 e. The van der Waals surface area contributed by atoms with Crippen LogP contribution in [0.3, 0.4) is 0 Å². The number of rotatable bonds is 6. The van der Waals surface area contributed by atoms with Crippen LogP contribution >= 0.6 is 0 Å². The number of carbonyl (C=O) groups is 2. The molecule has 0 bridgehead atoms. The van der Waals surface area contributed by atoms with Gasteiger partial charge in [-0.2, -0.15) is 0 Å². The second kappa shape index (κ2) is 11.5. The van der Waals surface area contributed by atoms with Crippen molar-refractivity contribution in [3.8, 4) is 11.1 Å². The van der Waals surface area contributed by atoms with Gasteiger partial charge >= 0.3 is 0 Å². The molecule has 5 aromatic rings. The Labute approximate surface area is 247 Å². The Balaban J connectivity index is 1.25. The van der Waals surface area contributed by atoms with E-state index in [0.29, 0.717) is 30.9 Å². The van der Waals surface area contributed by atoms with Crippen LogP contribution in [-0.2, 0) is 19.5 Å². The fourth-order valence-corrected chi connectivity index (χ4v) is 5.83. The van der Waals surface area contributed by atoms with Gasteiger partial charge in [0, 0.05) is 23.5 Å². The van der Waals surface area contributed by atoms with Crippen molar-refractivity contribution in [2.24, 2.45) is 0 Å². The van der Waals surface area contributed by atoms with Crippen molar-refractivity contribution >= 4 is 17.5 Å². The van der Waals surface area contributed by atoms with Crippen LogP contribution in [0.15, 0.2) is 103 Å². The standard InChI is InChI=1S/C37H35N3O2/c1-25-12-14-28(15-13-25)20-21-38-36(41)35-19-17-31-24-40(34-11-7-5-9-30(34)23-39(31)35)37(42)29-16-18-33(27(3)22-29)32-10-6-4-8-26(32)2/h4-19,22H,20-21,23-24H2,1-3H3,(H,38,41). The molecule has 5 nitrogen and oxygen atoms in total. The van der Waals surface area contributed by atoms with E-state index in [4.69, 9.17) is 0 Å². The molecule has 1 aromatic heterocycles. The van der Waals surface area contributed by atoms with Gasteiger partial charge in [-0.25, -0.2) is 0 Å². The molecule has 4 aromatic carbocycles. The summed E-state index contributed by atoms with van der Waals surface area (Å²) in [5.41, 5.74) is 11.1. The van der Waals surface area contributed by atoms with E-state index in [1.54, 1.807) is 0 Å². The van der Waals surface area contributed by atoms with E-state index in [2.05, 4.69) is 68.6 Å². The highest BCUT2D eigenvalue weighted by Crippen LogP contribution is 2.32. The molecule has 5 heteroatoms. The van der Waals surface area contributed by atoms with E-state index < -0.39 is 0 Å². The zero-order valence-corrected chi connectivity index (χ0v) is 24.4. The summed E-state index contributed by atoms with van der Waals surface area (Å²) in [4.78, 5) is 29.2. The Morgan fingerprint density at radius 2 is 1.48 bits per heavy atom. The molecule has 1 N–H and O–H groups in total. The van der Waals surface area contributed by atoms with Crippen LogP contribution < -0.4 is 10.2 Å². The number of hydrogen-bond donors (Lipinski definition) is 1. The third-order valence-corrected chi connectivity index (χ3v) is 8.21. The van der Waals surface area contributed by atoms with E-state index in [1.807, 2.05) is 70.1 Å². The van der Waals surface area contributed by atoms with Crippen molar-refractivity contribution in [3.05, 3.63) is 148 Å². The second-order valence-corrected chi connectivity index (χ2v) is 11.2. The lowest BCUT2D eigenvalue weighted by Crippen LogP contribution is -2.31. The number of nitrogens with zero attached hydrogens (tertiary/aromatic N) is 2. The number of aryl methyl sites for hydroxylation is 3. The minimum Gasteiger partial charge on any atom is -0.350 e. The summed E-state index contributed by atoms with van der Waals surface area (Å²) in [6.45, 7) is 7.69. The predicted molar refractivity (Wildman–Crippen MR) is 169 cm³/mol. The van der Waals surface area contributed by atoms with Crippen molar-refractivity contribution in [2.75, 3.05) is 11.4 Å². The quantitative estimate of drug-likeness (QED) is 0.241. The van der Waals surface area contributed by atoms with E-state index >= 15 is 0 Å². The van der Waals surface area contributed by atoms with Crippen molar-refractivity contribution < 1.29 is 9.59 Å². The summed E-state index contributed by atoms with van der Waals surface area (Å²) in [5, 5.41) is 3.09. The molecule has 0 fully saturated rings. The minimum atomic E-state index is -0.104. The van der Waals surface area contributed by atoms with E-state index in [0.717, 1.165) is 34.5 Å². The number of fused-ring (bicyclic) bond motifs is 2. The molecule has 1 aliphatic rings. The molecular formula is C37H35N3O2. The van der Waals surface area contributed by atoms with Gasteiger partial charge in [0.2, 0.25) is 0 Å². The number of aromatic nitrogens is 1. The lowest BCUT2D eigenvalue weighted by atomic mass is 9.95. The van der Waals surface area contributed by atoms with Gasteiger partial charge in [-0.15, -0.1) is 0 Å². The molecule has 0 saturated carbocycles. The van der Waals surface area contributed by atoms with E-state index in [-0.39, 0.29) is 11.8 Å². The molecule has 1 aliphatic heterocycles. The van der Waals surface area contributed by atoms with Crippen LogP contribution in [0.1, 0.15) is 54.4 Å². The van der Waals surface area contributed by atoms with Crippen LogP contribution in [0.25, 0.3) is 11.1 Å². The van der Waals surface area contributed by atoms with Crippen molar-refractivity contribution in [2.45, 2.75) is 40.3 Å². The molecule has 2 amide bonds. The SMILES string of the molecule is Cc1ccc(CCNC(=O)c2ccc3n2Cc2ccccc2N(C(=O)c2ccc(-c4ccccc4C)c(C)c2)C3)cc1. The minimum absolute atomic E-state index is 0.0550. The molecule has 0 radical (unpaired) electrons. The summed E-state index contributed by atoms with van der Waals surface area (Å²) in [5.74, 6) is -0.159. The summed E-state index contributed by atoms with van der Waals surface area (Å²) in [6.07, 6.45) is 0.771. The summed E-state index contributed by atoms with van der Waals surface area (Å²) >= 11 is 0. The number of nitrogens with one attached hydrogen (secondary N) is 1. The maximum atomic E-state index is 14.1. The Kier molecular flexibility index (Phi) is 7.49. The molecule has 0 atom stereocenters. The smallest absolute Gasteiger partial charge is 0.267 e. The maximum absolute atomic E-state index is 14.1. The Morgan fingerprint density at radius 3 is 2.26 bits per heavy atom. The number of benzene rings is 4. The topological polar surface area (TPSA) is 54.3 Å². The van der Waals surface area contributed by atoms with Crippen LogP contribution in [0.4, 0.5) is 5.69 Å². The largest absolute Gasteiger partial charge is 0.350 e. The molecule has 0 saturated heterocycles. The first-order valence-electron chi connectivity index (χ1n) is 14.5. The number of carbonyl (C=O) groups excluding carboxylic acids is 2. The molecular weight excluding hydrogens is 518 g/mol. The fourth-order valence-electron chi connectivity index (χ4n) is 5.83. The molecule has 0 aliphatic carbocycles. The normalized spacial score (nSPS) is 12.3. The van der Waals surface area contributed by atoms with E-state index in [1.165, 1.54) is 22.3 Å². The van der Waals surface area contributed by atoms with Gasteiger partial charge in [-0.3, -0.25) is 9.59 Å². The van der Waals surface area contributed by atoms with Crippen LogP contribution in [0.5, 0.6) is 0 Å². The molecule has 0 unspecified atom stereocenters. The number of para-hydroxylation sites is 1. The van der Waals surface area contributed by atoms with Crippen LogP contribution in [0.2, 0.25) is 0 Å². The Bertz CT molecular complexity index is 1780. The highest BCUT2D eigenvalue weighted by molar-refractivity contribution is 6.07. The fraction of sp³-hybridized carbons (Fsp3) is 0.189. The van der Waals surface area contributed by atoms with Gasteiger partial charge in [-0.05, 0) is 90.9 Å². The lowest BCUT2D eigenvalue weighted by molar-refractivity contribution is 0.0944. The summed E-state index contributed by atoms with van der Waals surface area (Å²) in [7, 11) is 0. The van der Waals surface area contributed by atoms with Gasteiger partial charge in [-0.1, -0.05) is 78.4 Å².